The number of hydrogen-bond acceptors (Lipinski definition) is 2. The summed E-state index contributed by atoms with van der Waals surface area (Å²) < 4.78 is 13.0. The molecule has 0 radical (unpaired) electrons. The lowest BCUT2D eigenvalue weighted by atomic mass is 10.3. The molecule has 1 aromatic heterocycles. The van der Waals surface area contributed by atoms with Crippen LogP contribution in [0, 0.1) is 5.82 Å². The average molecular weight is 166 g/mol. The summed E-state index contributed by atoms with van der Waals surface area (Å²) in [7, 11) is 0. The van der Waals surface area contributed by atoms with Gasteiger partial charge in [0.05, 0.1) is 5.52 Å². The minimum atomic E-state index is -0.347. The van der Waals surface area contributed by atoms with Gasteiger partial charge in [0.25, 0.3) is 0 Å². The molecule has 0 aliphatic carbocycles. The molecule has 0 atom stereocenters. The molecule has 0 saturated carbocycles. The third-order valence-corrected chi connectivity index (χ3v) is 1.67. The van der Waals surface area contributed by atoms with Gasteiger partial charge >= 0.3 is 0 Å². The summed E-state index contributed by atoms with van der Waals surface area (Å²) in [5.74, 6) is 0.0369. The minimum Gasteiger partial charge on any atom is -0.388 e. The molecule has 2 N–H and O–H groups in total. The van der Waals surface area contributed by atoms with Gasteiger partial charge in [0.2, 0.25) is 0 Å². The molecular formula is C8H7FN2O. The highest BCUT2D eigenvalue weighted by Gasteiger charge is 2.04. The Morgan fingerprint density at radius 3 is 3.00 bits per heavy atom. The van der Waals surface area contributed by atoms with Crippen LogP contribution < -0.4 is 0 Å². The number of aromatic nitrogens is 2. The number of hydrogen-bond donors (Lipinski definition) is 2. The van der Waals surface area contributed by atoms with Crippen molar-refractivity contribution in [1.29, 1.82) is 0 Å². The molecule has 4 heteroatoms. The van der Waals surface area contributed by atoms with Crippen LogP contribution in [-0.4, -0.2) is 15.1 Å². The number of aromatic amines is 1. The summed E-state index contributed by atoms with van der Waals surface area (Å²) in [6, 6.07) is 4.62. The van der Waals surface area contributed by atoms with Crippen LogP contribution in [0.15, 0.2) is 18.2 Å². The lowest BCUT2D eigenvalue weighted by molar-refractivity contribution is 0.273. The SMILES string of the molecule is OCc1nc2cccc(F)c2[nH]1. The number of rotatable bonds is 1. The molecule has 0 aliphatic heterocycles. The van der Waals surface area contributed by atoms with Crippen molar-refractivity contribution in [3.63, 3.8) is 0 Å². The van der Waals surface area contributed by atoms with E-state index in [1.54, 1.807) is 12.1 Å². The monoisotopic (exact) mass is 166 g/mol. The second-order valence-corrected chi connectivity index (χ2v) is 2.48. The molecule has 0 amide bonds. The molecule has 1 aromatic carbocycles. The van der Waals surface area contributed by atoms with E-state index in [2.05, 4.69) is 9.97 Å². The highest BCUT2D eigenvalue weighted by molar-refractivity contribution is 5.75. The van der Waals surface area contributed by atoms with Crippen molar-refractivity contribution in [3.8, 4) is 0 Å². The van der Waals surface area contributed by atoms with Crippen LogP contribution in [0.2, 0.25) is 0 Å². The minimum absolute atomic E-state index is 0.200. The normalized spacial score (nSPS) is 10.8. The van der Waals surface area contributed by atoms with E-state index in [0.717, 1.165) is 0 Å². The molecule has 1 heterocycles. The summed E-state index contributed by atoms with van der Waals surface area (Å²) in [5.41, 5.74) is 0.889. The van der Waals surface area contributed by atoms with E-state index in [0.29, 0.717) is 16.9 Å². The number of nitrogens with zero attached hydrogens (tertiary/aromatic N) is 1. The standard InChI is InChI=1S/C8H7FN2O/c9-5-2-1-3-6-8(5)11-7(4-12)10-6/h1-3,12H,4H2,(H,10,11). The van der Waals surface area contributed by atoms with Crippen molar-refractivity contribution in [1.82, 2.24) is 9.97 Å². The van der Waals surface area contributed by atoms with E-state index < -0.39 is 0 Å². The zero-order chi connectivity index (χ0) is 8.55. The fourth-order valence-electron chi connectivity index (χ4n) is 1.12. The molecule has 0 unspecified atom stereocenters. The molecular weight excluding hydrogens is 159 g/mol. The van der Waals surface area contributed by atoms with Crippen molar-refractivity contribution < 1.29 is 9.50 Å². The maximum atomic E-state index is 13.0. The van der Waals surface area contributed by atoms with Gasteiger partial charge in [-0.1, -0.05) is 6.07 Å². The summed E-state index contributed by atoms with van der Waals surface area (Å²) >= 11 is 0. The van der Waals surface area contributed by atoms with Crippen LogP contribution >= 0.6 is 0 Å². The molecule has 3 nitrogen and oxygen atoms in total. The molecule has 0 aliphatic rings. The fourth-order valence-corrected chi connectivity index (χ4v) is 1.12. The number of aliphatic hydroxyl groups is 1. The Hall–Kier alpha value is -1.42. The van der Waals surface area contributed by atoms with Crippen LogP contribution in [0.25, 0.3) is 11.0 Å². The number of halogens is 1. The summed E-state index contributed by atoms with van der Waals surface area (Å²) in [6.45, 7) is -0.200. The van der Waals surface area contributed by atoms with E-state index in [1.165, 1.54) is 6.07 Å². The summed E-state index contributed by atoms with van der Waals surface area (Å²) in [5, 5.41) is 8.71. The maximum Gasteiger partial charge on any atom is 0.148 e. The summed E-state index contributed by atoms with van der Waals surface area (Å²) in [4.78, 5) is 6.62. The van der Waals surface area contributed by atoms with Gasteiger partial charge < -0.3 is 10.1 Å². The highest BCUT2D eigenvalue weighted by Crippen LogP contribution is 2.14. The van der Waals surface area contributed by atoms with Crippen LogP contribution in [0.3, 0.4) is 0 Å². The predicted molar refractivity (Wildman–Crippen MR) is 42.0 cm³/mol. The van der Waals surface area contributed by atoms with Gasteiger partial charge in [0.15, 0.2) is 0 Å². The first-order valence-corrected chi connectivity index (χ1v) is 3.55. The Balaban J connectivity index is 2.74. The van der Waals surface area contributed by atoms with Gasteiger partial charge in [0.1, 0.15) is 23.8 Å². The third-order valence-electron chi connectivity index (χ3n) is 1.67. The van der Waals surface area contributed by atoms with Crippen molar-refractivity contribution >= 4 is 11.0 Å². The molecule has 0 bridgehead atoms. The number of benzene rings is 1. The zero-order valence-electron chi connectivity index (χ0n) is 6.21. The third kappa shape index (κ3) is 0.967. The zero-order valence-corrected chi connectivity index (χ0v) is 6.21. The Kier molecular flexibility index (Phi) is 1.55. The first kappa shape index (κ1) is 7.24. The van der Waals surface area contributed by atoms with Crippen molar-refractivity contribution in [2.24, 2.45) is 0 Å². The molecule has 0 saturated heterocycles. The largest absolute Gasteiger partial charge is 0.388 e. The van der Waals surface area contributed by atoms with E-state index in [4.69, 9.17) is 5.11 Å². The predicted octanol–water partition coefficient (Wildman–Crippen LogP) is 1.19. The van der Waals surface area contributed by atoms with Gasteiger partial charge in [-0.05, 0) is 12.1 Å². The van der Waals surface area contributed by atoms with Crippen molar-refractivity contribution in [2.45, 2.75) is 6.61 Å². The van der Waals surface area contributed by atoms with E-state index in [1.807, 2.05) is 0 Å². The fraction of sp³-hybridized carbons (Fsp3) is 0.125. The van der Waals surface area contributed by atoms with Crippen molar-refractivity contribution in [3.05, 3.63) is 29.8 Å². The van der Waals surface area contributed by atoms with E-state index in [9.17, 15) is 4.39 Å². The number of fused-ring (bicyclic) bond motifs is 1. The smallest absolute Gasteiger partial charge is 0.148 e. The lowest BCUT2D eigenvalue weighted by Crippen LogP contribution is -1.83. The first-order chi connectivity index (χ1) is 5.81. The van der Waals surface area contributed by atoms with E-state index in [-0.39, 0.29) is 12.4 Å². The second-order valence-electron chi connectivity index (χ2n) is 2.48. The Morgan fingerprint density at radius 2 is 2.33 bits per heavy atom. The summed E-state index contributed by atoms with van der Waals surface area (Å²) in [6.07, 6.45) is 0. The number of nitrogens with one attached hydrogen (secondary N) is 1. The topological polar surface area (TPSA) is 48.9 Å². The van der Waals surface area contributed by atoms with E-state index >= 15 is 0 Å². The Bertz CT molecular complexity index is 410. The van der Waals surface area contributed by atoms with Crippen LogP contribution in [0.4, 0.5) is 4.39 Å². The van der Waals surface area contributed by atoms with Crippen LogP contribution in [0.1, 0.15) is 5.82 Å². The average Bonchev–Trinajstić information content (AvgIpc) is 2.49. The molecule has 0 fully saturated rings. The maximum absolute atomic E-state index is 13.0. The number of imidazole rings is 1. The molecule has 62 valence electrons. The van der Waals surface area contributed by atoms with Gasteiger partial charge in [-0.3, -0.25) is 0 Å². The number of H-pyrrole nitrogens is 1. The second kappa shape index (κ2) is 2.57. The van der Waals surface area contributed by atoms with Gasteiger partial charge in [-0.25, -0.2) is 9.37 Å². The molecule has 2 rings (SSSR count). The first-order valence-electron chi connectivity index (χ1n) is 3.55. The van der Waals surface area contributed by atoms with Gasteiger partial charge in [-0.15, -0.1) is 0 Å². The highest BCUT2D eigenvalue weighted by atomic mass is 19.1. The Labute approximate surface area is 67.9 Å². The molecule has 2 aromatic rings. The Morgan fingerprint density at radius 1 is 1.50 bits per heavy atom. The van der Waals surface area contributed by atoms with Crippen molar-refractivity contribution in [2.75, 3.05) is 0 Å². The quantitative estimate of drug-likeness (QED) is 0.668. The van der Waals surface area contributed by atoms with Crippen LogP contribution in [0.5, 0.6) is 0 Å². The number of para-hydroxylation sites is 1. The van der Waals surface area contributed by atoms with Gasteiger partial charge in [-0.2, -0.15) is 0 Å². The molecule has 0 spiro atoms. The molecule has 12 heavy (non-hydrogen) atoms. The van der Waals surface area contributed by atoms with Crippen LogP contribution in [-0.2, 0) is 6.61 Å². The number of aliphatic hydroxyl groups excluding tert-OH is 1. The van der Waals surface area contributed by atoms with Gasteiger partial charge in [0, 0.05) is 0 Å². The lowest BCUT2D eigenvalue weighted by Gasteiger charge is -1.87.